The highest BCUT2D eigenvalue weighted by Crippen LogP contribution is 2.52. The summed E-state index contributed by atoms with van der Waals surface area (Å²) in [7, 11) is 1.75. The van der Waals surface area contributed by atoms with Crippen LogP contribution in [0, 0.1) is 0 Å². The van der Waals surface area contributed by atoms with Crippen molar-refractivity contribution in [1.29, 1.82) is 0 Å². The summed E-state index contributed by atoms with van der Waals surface area (Å²) in [6, 6.07) is 42.7. The van der Waals surface area contributed by atoms with E-state index in [0.717, 1.165) is 59.1 Å². The monoisotopic (exact) mass is 483 g/mol. The van der Waals surface area contributed by atoms with Gasteiger partial charge in [0.2, 0.25) is 0 Å². The molecule has 5 aromatic carbocycles. The van der Waals surface area contributed by atoms with Gasteiger partial charge < -0.3 is 14.4 Å². The number of hydrogen-bond acceptors (Lipinski definition) is 3. The zero-order chi connectivity index (χ0) is 25.0. The van der Waals surface area contributed by atoms with Crippen molar-refractivity contribution in [3.8, 4) is 33.8 Å². The zero-order valence-electron chi connectivity index (χ0n) is 20.9. The Balaban J connectivity index is 1.43. The topological polar surface area (TPSA) is 21.7 Å². The highest BCUT2D eigenvalue weighted by atomic mass is 16.5. The molecule has 0 N–H and O–H groups in total. The zero-order valence-corrected chi connectivity index (χ0v) is 20.9. The quantitative estimate of drug-likeness (QED) is 0.211. The van der Waals surface area contributed by atoms with Crippen LogP contribution in [0.3, 0.4) is 0 Å². The van der Waals surface area contributed by atoms with Crippen molar-refractivity contribution in [2.24, 2.45) is 0 Å². The molecule has 37 heavy (non-hydrogen) atoms. The van der Waals surface area contributed by atoms with E-state index >= 15 is 0 Å². The fraction of sp³-hybridized carbons (Fsp3) is 0.118. The van der Waals surface area contributed by atoms with Crippen molar-refractivity contribution in [3.63, 3.8) is 0 Å². The summed E-state index contributed by atoms with van der Waals surface area (Å²) in [4.78, 5) is 2.30. The molecule has 0 unspecified atom stereocenters. The number of aryl methyl sites for hydroxylation is 1. The summed E-state index contributed by atoms with van der Waals surface area (Å²) in [5.74, 6) is 1.70. The smallest absolute Gasteiger partial charge is 0.152 e. The van der Waals surface area contributed by atoms with Gasteiger partial charge in [-0.15, -0.1) is 0 Å². The Morgan fingerprint density at radius 1 is 0.595 bits per heavy atom. The standard InChI is InChI=1S/C34H29NO2/c1-36-22-8-9-25-14-18-30(19-15-25)35-31-20-16-28(26-10-4-2-5-11-26)23-33(31)37-34-24-29(17-21-32(34)35)27-12-6-3-7-13-27/h2-7,10-21,23-24H,8-9,22H2,1H3. The molecule has 5 aromatic rings. The lowest BCUT2D eigenvalue weighted by molar-refractivity contribution is 0.195. The van der Waals surface area contributed by atoms with Crippen LogP contribution in [0.5, 0.6) is 11.5 Å². The van der Waals surface area contributed by atoms with E-state index in [0.29, 0.717) is 0 Å². The number of benzene rings is 5. The molecular formula is C34H29NO2. The van der Waals surface area contributed by atoms with E-state index in [-0.39, 0.29) is 0 Å². The van der Waals surface area contributed by atoms with Gasteiger partial charge >= 0.3 is 0 Å². The van der Waals surface area contributed by atoms with Gasteiger partial charge in [0.05, 0.1) is 11.4 Å². The summed E-state index contributed by atoms with van der Waals surface area (Å²) >= 11 is 0. The van der Waals surface area contributed by atoms with Crippen molar-refractivity contribution < 1.29 is 9.47 Å². The fourth-order valence-electron chi connectivity index (χ4n) is 4.94. The lowest BCUT2D eigenvalue weighted by Crippen LogP contribution is -2.16. The molecular weight excluding hydrogens is 454 g/mol. The molecule has 6 rings (SSSR count). The molecule has 0 saturated carbocycles. The van der Waals surface area contributed by atoms with Crippen molar-refractivity contribution >= 4 is 17.1 Å². The molecule has 1 aliphatic rings. The first kappa shape index (κ1) is 23.1. The third-order valence-electron chi connectivity index (χ3n) is 6.84. The predicted molar refractivity (Wildman–Crippen MR) is 152 cm³/mol. The van der Waals surface area contributed by atoms with Crippen LogP contribution in [0.4, 0.5) is 17.1 Å². The molecule has 182 valence electrons. The maximum Gasteiger partial charge on any atom is 0.152 e. The molecule has 0 atom stereocenters. The molecule has 0 aliphatic carbocycles. The maximum absolute atomic E-state index is 6.59. The average Bonchev–Trinajstić information content (AvgIpc) is 2.97. The molecule has 0 aromatic heterocycles. The molecule has 0 radical (unpaired) electrons. The summed E-state index contributed by atoms with van der Waals surface area (Å²) in [5, 5.41) is 0. The second-order valence-corrected chi connectivity index (χ2v) is 9.30. The third-order valence-corrected chi connectivity index (χ3v) is 6.84. The van der Waals surface area contributed by atoms with Crippen LogP contribution < -0.4 is 9.64 Å². The number of hydrogen-bond donors (Lipinski definition) is 0. The van der Waals surface area contributed by atoms with Crippen LogP contribution in [0.2, 0.25) is 0 Å². The molecule has 1 heterocycles. The largest absolute Gasteiger partial charge is 0.453 e. The van der Waals surface area contributed by atoms with Crippen molar-refractivity contribution in [1.82, 2.24) is 0 Å². The number of ether oxygens (including phenoxy) is 2. The molecule has 1 aliphatic heterocycles. The van der Waals surface area contributed by atoms with Crippen LogP contribution in [0.25, 0.3) is 22.3 Å². The molecule has 0 saturated heterocycles. The highest BCUT2D eigenvalue weighted by molar-refractivity contribution is 5.89. The van der Waals surface area contributed by atoms with Gasteiger partial charge in [0.15, 0.2) is 11.5 Å². The molecule has 0 bridgehead atoms. The van der Waals surface area contributed by atoms with Crippen LogP contribution >= 0.6 is 0 Å². The lowest BCUT2D eigenvalue weighted by atomic mass is 10.0. The van der Waals surface area contributed by atoms with Gasteiger partial charge in [0.25, 0.3) is 0 Å². The summed E-state index contributed by atoms with van der Waals surface area (Å²) in [6.45, 7) is 0.777. The first-order valence-electron chi connectivity index (χ1n) is 12.7. The number of fused-ring (bicyclic) bond motifs is 2. The van der Waals surface area contributed by atoms with Gasteiger partial charge in [-0.25, -0.2) is 0 Å². The molecule has 0 spiro atoms. The minimum absolute atomic E-state index is 0.777. The number of methoxy groups -OCH3 is 1. The van der Waals surface area contributed by atoms with Crippen LogP contribution in [0.15, 0.2) is 121 Å². The van der Waals surface area contributed by atoms with Crippen molar-refractivity contribution in [2.45, 2.75) is 12.8 Å². The first-order chi connectivity index (χ1) is 18.3. The van der Waals surface area contributed by atoms with E-state index in [1.54, 1.807) is 7.11 Å². The summed E-state index contributed by atoms with van der Waals surface area (Å²) < 4.78 is 11.8. The van der Waals surface area contributed by atoms with Gasteiger partial charge in [-0.1, -0.05) is 84.9 Å². The van der Waals surface area contributed by atoms with Crippen molar-refractivity contribution in [2.75, 3.05) is 18.6 Å². The van der Waals surface area contributed by atoms with E-state index in [4.69, 9.17) is 9.47 Å². The van der Waals surface area contributed by atoms with E-state index in [1.165, 1.54) is 16.7 Å². The molecule has 0 fully saturated rings. The minimum Gasteiger partial charge on any atom is -0.453 e. The van der Waals surface area contributed by atoms with E-state index in [2.05, 4.69) is 114 Å². The van der Waals surface area contributed by atoms with Crippen LogP contribution in [-0.4, -0.2) is 13.7 Å². The van der Waals surface area contributed by atoms with Gasteiger partial charge in [0.1, 0.15) is 0 Å². The Bertz CT molecular complexity index is 1410. The minimum atomic E-state index is 0.777. The van der Waals surface area contributed by atoms with Crippen LogP contribution in [0.1, 0.15) is 12.0 Å². The van der Waals surface area contributed by atoms with E-state index < -0.39 is 0 Å². The first-order valence-corrected chi connectivity index (χ1v) is 12.7. The van der Waals surface area contributed by atoms with E-state index in [9.17, 15) is 0 Å². The fourth-order valence-corrected chi connectivity index (χ4v) is 4.94. The normalized spacial score (nSPS) is 12.0. The Hall–Kier alpha value is -4.34. The Kier molecular flexibility index (Phi) is 6.45. The predicted octanol–water partition coefficient (Wildman–Crippen LogP) is 9.18. The number of rotatable bonds is 7. The molecule has 3 nitrogen and oxygen atoms in total. The van der Waals surface area contributed by atoms with Crippen molar-refractivity contribution in [3.05, 3.63) is 127 Å². The third kappa shape index (κ3) is 4.74. The number of anilines is 3. The highest BCUT2D eigenvalue weighted by Gasteiger charge is 2.26. The maximum atomic E-state index is 6.59. The SMILES string of the molecule is COCCCc1ccc(N2c3ccc(-c4ccccc4)cc3Oc3cc(-c4ccccc4)ccc32)cc1. The Morgan fingerprint density at radius 3 is 1.65 bits per heavy atom. The summed E-state index contributed by atoms with van der Waals surface area (Å²) in [6.07, 6.45) is 2.02. The lowest BCUT2D eigenvalue weighted by Gasteiger charge is -2.33. The van der Waals surface area contributed by atoms with Gasteiger partial charge in [-0.05, 0) is 77.1 Å². The van der Waals surface area contributed by atoms with Gasteiger partial charge in [-0.2, -0.15) is 0 Å². The van der Waals surface area contributed by atoms with Crippen LogP contribution in [-0.2, 0) is 11.2 Å². The summed E-state index contributed by atoms with van der Waals surface area (Å²) in [5.41, 5.74) is 9.11. The molecule has 0 amide bonds. The van der Waals surface area contributed by atoms with Gasteiger partial charge in [0, 0.05) is 19.4 Å². The Labute approximate surface area is 218 Å². The average molecular weight is 484 g/mol. The van der Waals surface area contributed by atoms with E-state index in [1.807, 2.05) is 12.1 Å². The number of nitrogens with zero attached hydrogens (tertiary/aromatic N) is 1. The Morgan fingerprint density at radius 2 is 1.14 bits per heavy atom. The van der Waals surface area contributed by atoms with Gasteiger partial charge in [-0.3, -0.25) is 0 Å². The second kappa shape index (κ2) is 10.3. The molecule has 3 heteroatoms. The second-order valence-electron chi connectivity index (χ2n) is 9.30.